The fourth-order valence-electron chi connectivity index (χ4n) is 4.53. The molecule has 0 aliphatic carbocycles. The van der Waals surface area contributed by atoms with Crippen LogP contribution in [0.1, 0.15) is 28.9 Å². The van der Waals surface area contributed by atoms with Crippen molar-refractivity contribution in [3.05, 3.63) is 107 Å². The van der Waals surface area contributed by atoms with Crippen LogP contribution in [0.2, 0.25) is 5.02 Å². The molecule has 0 bridgehead atoms. The van der Waals surface area contributed by atoms with E-state index in [4.69, 9.17) is 16.7 Å². The van der Waals surface area contributed by atoms with Crippen molar-refractivity contribution in [2.75, 3.05) is 13.1 Å². The maximum absolute atomic E-state index is 13.4. The first-order chi connectivity index (χ1) is 16.2. The largest absolute Gasteiger partial charge is 0.337 e. The lowest BCUT2D eigenvalue weighted by molar-refractivity contribution is 0.0684. The summed E-state index contributed by atoms with van der Waals surface area (Å²) in [5, 5.41) is 5.41. The quantitative estimate of drug-likeness (QED) is 0.354. The van der Waals surface area contributed by atoms with Crippen molar-refractivity contribution >= 4 is 17.5 Å². The summed E-state index contributed by atoms with van der Waals surface area (Å²) >= 11 is 6.09. The SMILES string of the molecule is O=C(c1cc(-c2ccc(Cl)cc2)n(-c2ccccc2)n1)N1CCC(Cc2ccccc2)CC1. The smallest absolute Gasteiger partial charge is 0.274 e. The Morgan fingerprint density at radius 3 is 2.18 bits per heavy atom. The zero-order valence-corrected chi connectivity index (χ0v) is 19.2. The molecule has 4 aromatic rings. The molecular weight excluding hydrogens is 430 g/mol. The number of hydrogen-bond donors (Lipinski definition) is 0. The Labute approximate surface area is 199 Å². The van der Waals surface area contributed by atoms with Gasteiger partial charge >= 0.3 is 0 Å². The minimum absolute atomic E-state index is 0.00180. The van der Waals surface area contributed by atoms with Gasteiger partial charge in [0.25, 0.3) is 5.91 Å². The molecule has 33 heavy (non-hydrogen) atoms. The van der Waals surface area contributed by atoms with E-state index >= 15 is 0 Å². The van der Waals surface area contributed by atoms with Gasteiger partial charge in [0.2, 0.25) is 0 Å². The Balaban J connectivity index is 1.36. The van der Waals surface area contributed by atoms with Crippen molar-refractivity contribution in [1.82, 2.24) is 14.7 Å². The molecule has 1 aliphatic rings. The van der Waals surface area contributed by atoms with Crippen LogP contribution in [-0.4, -0.2) is 33.7 Å². The molecule has 4 nitrogen and oxygen atoms in total. The summed E-state index contributed by atoms with van der Waals surface area (Å²) < 4.78 is 1.85. The third-order valence-corrected chi connectivity index (χ3v) is 6.59. The molecule has 3 aromatic carbocycles. The number of amides is 1. The number of carbonyl (C=O) groups is 1. The average Bonchev–Trinajstić information content (AvgIpc) is 3.31. The predicted octanol–water partition coefficient (Wildman–Crippen LogP) is 6.29. The highest BCUT2D eigenvalue weighted by Crippen LogP contribution is 2.27. The Kier molecular flexibility index (Phi) is 6.27. The van der Waals surface area contributed by atoms with Gasteiger partial charge in [0.05, 0.1) is 11.4 Å². The van der Waals surface area contributed by atoms with E-state index in [9.17, 15) is 4.79 Å². The zero-order chi connectivity index (χ0) is 22.6. The molecule has 1 fully saturated rings. The number of nitrogens with zero attached hydrogens (tertiary/aromatic N) is 3. The van der Waals surface area contributed by atoms with E-state index in [1.807, 2.05) is 70.2 Å². The summed E-state index contributed by atoms with van der Waals surface area (Å²) in [6, 6.07) is 30.1. The molecule has 0 N–H and O–H groups in total. The fraction of sp³-hybridized carbons (Fsp3) is 0.214. The maximum atomic E-state index is 13.4. The number of para-hydroxylation sites is 1. The van der Waals surface area contributed by atoms with Crippen molar-refractivity contribution in [1.29, 1.82) is 0 Å². The highest BCUT2D eigenvalue weighted by atomic mass is 35.5. The Morgan fingerprint density at radius 2 is 1.52 bits per heavy atom. The second-order valence-corrected chi connectivity index (χ2v) is 9.03. The van der Waals surface area contributed by atoms with Crippen molar-refractivity contribution in [3.63, 3.8) is 0 Å². The molecular formula is C28H26ClN3O. The number of hydrogen-bond acceptors (Lipinski definition) is 2. The van der Waals surface area contributed by atoms with E-state index < -0.39 is 0 Å². The first-order valence-corrected chi connectivity index (χ1v) is 11.8. The van der Waals surface area contributed by atoms with Crippen LogP contribution in [0, 0.1) is 5.92 Å². The zero-order valence-electron chi connectivity index (χ0n) is 18.4. The van der Waals surface area contributed by atoms with Crippen molar-refractivity contribution in [2.45, 2.75) is 19.3 Å². The number of likely N-dealkylation sites (tertiary alicyclic amines) is 1. The summed E-state index contributed by atoms with van der Waals surface area (Å²) in [5.74, 6) is 0.612. The van der Waals surface area contributed by atoms with Crippen molar-refractivity contribution in [2.24, 2.45) is 5.92 Å². The molecule has 0 spiro atoms. The first-order valence-electron chi connectivity index (χ1n) is 11.4. The van der Waals surface area contributed by atoms with E-state index in [0.717, 1.165) is 49.3 Å². The molecule has 1 amide bonds. The average molecular weight is 456 g/mol. The van der Waals surface area contributed by atoms with Gasteiger partial charge in [-0.15, -0.1) is 0 Å². The highest BCUT2D eigenvalue weighted by molar-refractivity contribution is 6.30. The highest BCUT2D eigenvalue weighted by Gasteiger charge is 2.26. The Bertz CT molecular complexity index is 1210. The molecule has 0 unspecified atom stereocenters. The van der Waals surface area contributed by atoms with Crippen LogP contribution >= 0.6 is 11.6 Å². The van der Waals surface area contributed by atoms with Gasteiger partial charge in [-0.2, -0.15) is 5.10 Å². The third-order valence-electron chi connectivity index (χ3n) is 6.34. The number of aromatic nitrogens is 2. The number of rotatable bonds is 5. The first kappa shape index (κ1) is 21.5. The summed E-state index contributed by atoms with van der Waals surface area (Å²) in [5.41, 5.74) is 4.61. The molecule has 0 radical (unpaired) electrons. The van der Waals surface area contributed by atoms with E-state index in [1.54, 1.807) is 0 Å². The van der Waals surface area contributed by atoms with Gasteiger partial charge < -0.3 is 4.90 Å². The number of benzene rings is 3. The normalized spacial score (nSPS) is 14.4. The summed E-state index contributed by atoms with van der Waals surface area (Å²) in [7, 11) is 0. The third kappa shape index (κ3) is 4.86. The molecule has 0 saturated carbocycles. The van der Waals surface area contributed by atoms with Gasteiger partial charge in [-0.1, -0.05) is 72.3 Å². The molecule has 5 heteroatoms. The van der Waals surface area contributed by atoms with Crippen LogP contribution in [0.15, 0.2) is 91.0 Å². The molecule has 5 rings (SSSR count). The van der Waals surface area contributed by atoms with E-state index in [1.165, 1.54) is 5.56 Å². The van der Waals surface area contributed by atoms with Crippen LogP contribution in [0.25, 0.3) is 16.9 Å². The van der Waals surface area contributed by atoms with Crippen LogP contribution in [0.4, 0.5) is 0 Å². The second-order valence-electron chi connectivity index (χ2n) is 8.59. The van der Waals surface area contributed by atoms with Gasteiger partial charge in [-0.25, -0.2) is 4.68 Å². The summed E-state index contributed by atoms with van der Waals surface area (Å²) in [6.45, 7) is 1.54. The van der Waals surface area contributed by atoms with Gasteiger partial charge in [-0.3, -0.25) is 4.79 Å². The number of piperidine rings is 1. The lowest BCUT2D eigenvalue weighted by Gasteiger charge is -2.31. The summed E-state index contributed by atoms with van der Waals surface area (Å²) in [4.78, 5) is 15.3. The lowest BCUT2D eigenvalue weighted by Crippen LogP contribution is -2.39. The van der Waals surface area contributed by atoms with Gasteiger partial charge in [0.15, 0.2) is 5.69 Å². The van der Waals surface area contributed by atoms with Gasteiger partial charge in [0, 0.05) is 23.7 Å². The summed E-state index contributed by atoms with van der Waals surface area (Å²) in [6.07, 6.45) is 3.11. The van der Waals surface area contributed by atoms with Crippen molar-refractivity contribution < 1.29 is 4.79 Å². The second kappa shape index (κ2) is 9.63. The molecule has 166 valence electrons. The van der Waals surface area contributed by atoms with Crippen LogP contribution < -0.4 is 0 Å². The molecule has 1 aliphatic heterocycles. The van der Waals surface area contributed by atoms with E-state index in [-0.39, 0.29) is 5.91 Å². The van der Waals surface area contributed by atoms with Gasteiger partial charge in [-0.05, 0) is 61.1 Å². The molecule has 1 aromatic heterocycles. The minimum atomic E-state index is -0.00180. The molecule has 1 saturated heterocycles. The maximum Gasteiger partial charge on any atom is 0.274 e. The van der Waals surface area contributed by atoms with Crippen LogP contribution in [0.5, 0.6) is 0 Å². The Morgan fingerprint density at radius 1 is 0.879 bits per heavy atom. The minimum Gasteiger partial charge on any atom is -0.337 e. The van der Waals surface area contributed by atoms with Gasteiger partial charge in [0.1, 0.15) is 0 Å². The predicted molar refractivity (Wildman–Crippen MR) is 133 cm³/mol. The van der Waals surface area contributed by atoms with Crippen molar-refractivity contribution in [3.8, 4) is 16.9 Å². The number of carbonyl (C=O) groups excluding carboxylic acids is 1. The standard InChI is InChI=1S/C28H26ClN3O/c29-24-13-11-23(12-14-24)27-20-26(30-32(27)25-9-5-2-6-10-25)28(33)31-17-15-22(16-18-31)19-21-7-3-1-4-8-21/h1-14,20,22H,15-19H2. The monoisotopic (exact) mass is 455 g/mol. The molecule has 0 atom stereocenters. The molecule has 2 heterocycles. The lowest BCUT2D eigenvalue weighted by atomic mass is 9.90. The Hall–Kier alpha value is -3.37. The number of halogens is 1. The van der Waals surface area contributed by atoms with Crippen LogP contribution in [-0.2, 0) is 6.42 Å². The van der Waals surface area contributed by atoms with Crippen LogP contribution in [0.3, 0.4) is 0 Å². The topological polar surface area (TPSA) is 38.1 Å². The van der Waals surface area contributed by atoms with E-state index in [2.05, 4.69) is 30.3 Å². The van der Waals surface area contributed by atoms with E-state index in [0.29, 0.717) is 16.6 Å². The fourth-order valence-corrected chi connectivity index (χ4v) is 4.65.